The minimum absolute atomic E-state index is 0.161. The molecule has 47 heavy (non-hydrogen) atoms. The zero-order chi connectivity index (χ0) is 34.0. The third-order valence-electron chi connectivity index (χ3n) is 7.04. The highest BCUT2D eigenvalue weighted by atomic mass is 32.2. The summed E-state index contributed by atoms with van der Waals surface area (Å²) in [5.74, 6) is -5.12. The number of thioether (sulfide) groups is 2. The summed E-state index contributed by atoms with van der Waals surface area (Å²) < 4.78 is 5.90. The zero-order valence-corrected chi connectivity index (χ0v) is 27.6. The fourth-order valence-corrected chi connectivity index (χ4v) is 8.38. The lowest BCUT2D eigenvalue weighted by Gasteiger charge is -2.52. The first kappa shape index (κ1) is 33.8. The van der Waals surface area contributed by atoms with Crippen LogP contribution in [0.15, 0.2) is 64.1 Å². The van der Waals surface area contributed by atoms with Crippen LogP contribution < -0.4 is 15.8 Å². The van der Waals surface area contributed by atoms with Gasteiger partial charge in [-0.2, -0.15) is 0 Å². The number of hydrogen-bond donors (Lipinski definition) is 3. The number of hydrogen-bond acceptors (Lipinski definition) is 13. The van der Waals surface area contributed by atoms with Crippen molar-refractivity contribution in [2.75, 3.05) is 16.8 Å². The predicted molar refractivity (Wildman–Crippen MR) is 174 cm³/mol. The van der Waals surface area contributed by atoms with Crippen LogP contribution in [0.3, 0.4) is 0 Å². The van der Waals surface area contributed by atoms with E-state index < -0.39 is 53.0 Å². The number of β-lactam (4-membered cyclic amide) rings is 1. The second kappa shape index (κ2) is 14.0. The van der Waals surface area contributed by atoms with Crippen LogP contribution in [-0.2, 0) is 24.0 Å². The molecule has 1 saturated heterocycles. The Balaban J connectivity index is 1.54. The number of rotatable bonds is 10. The number of aromatic nitrogens is 2. The second-order valence-electron chi connectivity index (χ2n) is 10.4. The molecule has 244 valence electrons. The number of carboxylic acids is 1. The van der Waals surface area contributed by atoms with E-state index in [2.05, 4.69) is 15.5 Å². The molecule has 4 amide bonds. The largest absolute Gasteiger partial charge is 0.477 e. The van der Waals surface area contributed by atoms with Gasteiger partial charge in [-0.1, -0.05) is 53.4 Å². The van der Waals surface area contributed by atoms with Gasteiger partial charge in [0, 0.05) is 31.0 Å². The molecular weight excluding hydrogens is 669 g/mol. The summed E-state index contributed by atoms with van der Waals surface area (Å²) in [5.41, 5.74) is 6.82. The first-order chi connectivity index (χ1) is 22.4. The molecule has 3 aromatic rings. The van der Waals surface area contributed by atoms with Crippen molar-refractivity contribution in [3.8, 4) is 5.75 Å². The van der Waals surface area contributed by atoms with E-state index in [-0.39, 0.29) is 34.2 Å². The Morgan fingerprint density at radius 1 is 1.15 bits per heavy atom. The average Bonchev–Trinajstić information content (AvgIpc) is 3.46. The molecule has 2 aliphatic rings. The highest BCUT2D eigenvalue weighted by Crippen LogP contribution is 2.45. The molecule has 0 aliphatic carbocycles. The van der Waals surface area contributed by atoms with Crippen LogP contribution in [0.4, 0.5) is 5.69 Å². The summed E-state index contributed by atoms with van der Waals surface area (Å²) >= 11 is 3.84. The van der Waals surface area contributed by atoms with Crippen LogP contribution >= 0.6 is 34.9 Å². The number of benzene rings is 2. The number of imide groups is 1. The highest BCUT2D eigenvalue weighted by Gasteiger charge is 2.59. The predicted octanol–water partition coefficient (Wildman–Crippen LogP) is 2.81. The summed E-state index contributed by atoms with van der Waals surface area (Å²) in [6.07, 6.45) is 0. The van der Waals surface area contributed by atoms with Crippen LogP contribution in [0.25, 0.3) is 0 Å². The molecule has 1 unspecified atom stereocenters. The van der Waals surface area contributed by atoms with E-state index in [1.807, 2.05) is 0 Å². The molecule has 2 aliphatic heterocycles. The Kier molecular flexibility index (Phi) is 10.1. The molecule has 0 spiro atoms. The summed E-state index contributed by atoms with van der Waals surface area (Å²) in [7, 11) is 0. The molecule has 4 N–H and O–H groups in total. The standard InChI is InChI=1S/C30H28N6O8S3/c1-14(37)32-19-9-10-21(44-16(3)38)20(11-19)25(39)35(26(40)22(31)17-7-5-4-6-8-17)24-27(41)36-23(29(42)43)18(12-45-28(24)36)13-46-30-34-33-15(2)47-30/h4-11,22,24,28H,12-13,31H2,1-3H3,(H,32,37)(H,42,43)/t22-,24?,28-/m1/s1. The lowest BCUT2D eigenvalue weighted by atomic mass is 9.97. The van der Waals surface area contributed by atoms with Crippen molar-refractivity contribution in [3.63, 3.8) is 0 Å². The van der Waals surface area contributed by atoms with Crippen molar-refractivity contribution in [2.24, 2.45) is 5.73 Å². The van der Waals surface area contributed by atoms with E-state index in [9.17, 15) is 33.9 Å². The van der Waals surface area contributed by atoms with Gasteiger partial charge >= 0.3 is 11.9 Å². The number of amides is 4. The SMILES string of the molecule is CC(=O)Nc1ccc(OC(C)=O)c(C(=O)N(C(=O)[C@H](N)c2ccccc2)C2C(=O)N3C(C(=O)O)=C(CSc4nnc(C)s4)CS[C@H]23)c1. The Morgan fingerprint density at radius 2 is 1.87 bits per heavy atom. The summed E-state index contributed by atoms with van der Waals surface area (Å²) in [4.78, 5) is 80.4. The van der Waals surface area contributed by atoms with Crippen molar-refractivity contribution >= 4 is 76.1 Å². The summed E-state index contributed by atoms with van der Waals surface area (Å²) in [5, 5.41) is 20.5. The van der Waals surface area contributed by atoms with E-state index in [4.69, 9.17) is 10.5 Å². The lowest BCUT2D eigenvalue weighted by molar-refractivity contribution is -0.157. The Morgan fingerprint density at radius 3 is 2.49 bits per heavy atom. The van der Waals surface area contributed by atoms with Gasteiger partial charge in [0.2, 0.25) is 5.91 Å². The molecule has 0 saturated carbocycles. The molecule has 14 nitrogen and oxygen atoms in total. The molecule has 2 aromatic carbocycles. The number of ether oxygens (including phenoxy) is 1. The molecule has 3 atom stereocenters. The first-order valence-electron chi connectivity index (χ1n) is 14.0. The fourth-order valence-electron chi connectivity index (χ4n) is 5.03. The Labute approximate surface area is 280 Å². The Hall–Kier alpha value is -4.58. The highest BCUT2D eigenvalue weighted by molar-refractivity contribution is 8.01. The van der Waals surface area contributed by atoms with Crippen LogP contribution in [0.5, 0.6) is 5.75 Å². The van der Waals surface area contributed by atoms with E-state index in [0.29, 0.717) is 20.4 Å². The van der Waals surface area contributed by atoms with E-state index in [1.54, 1.807) is 37.3 Å². The third kappa shape index (κ3) is 7.07. The molecule has 0 radical (unpaired) electrons. The smallest absolute Gasteiger partial charge is 0.352 e. The van der Waals surface area contributed by atoms with Gasteiger partial charge in [0.15, 0.2) is 4.34 Å². The molecule has 5 rings (SSSR count). The molecule has 17 heteroatoms. The second-order valence-corrected chi connectivity index (χ2v) is 13.9. The van der Waals surface area contributed by atoms with Gasteiger partial charge in [-0.05, 0) is 36.3 Å². The molecular formula is C30H28N6O8S3. The number of carboxylic acid groups (broad SMARTS) is 1. The number of nitrogens with zero attached hydrogens (tertiary/aromatic N) is 4. The van der Waals surface area contributed by atoms with Gasteiger partial charge in [-0.15, -0.1) is 22.0 Å². The summed E-state index contributed by atoms with van der Waals surface area (Å²) in [6, 6.07) is 9.28. The molecule has 3 heterocycles. The number of nitrogens with one attached hydrogen (secondary N) is 1. The monoisotopic (exact) mass is 696 g/mol. The normalized spacial score (nSPS) is 17.7. The van der Waals surface area contributed by atoms with Gasteiger partial charge in [-0.3, -0.25) is 33.8 Å². The lowest BCUT2D eigenvalue weighted by Crippen LogP contribution is -2.72. The first-order valence-corrected chi connectivity index (χ1v) is 16.8. The van der Waals surface area contributed by atoms with Gasteiger partial charge in [0.25, 0.3) is 17.7 Å². The van der Waals surface area contributed by atoms with Crippen molar-refractivity contribution in [3.05, 3.63) is 75.9 Å². The van der Waals surface area contributed by atoms with Crippen molar-refractivity contribution in [1.82, 2.24) is 20.0 Å². The average molecular weight is 697 g/mol. The number of aryl methyl sites for hydroxylation is 1. The van der Waals surface area contributed by atoms with Crippen LogP contribution in [0, 0.1) is 6.92 Å². The van der Waals surface area contributed by atoms with Crippen molar-refractivity contribution in [2.45, 2.75) is 42.6 Å². The van der Waals surface area contributed by atoms with Crippen molar-refractivity contribution in [1.29, 1.82) is 0 Å². The maximum Gasteiger partial charge on any atom is 0.352 e. The van der Waals surface area contributed by atoms with Crippen LogP contribution in [0.1, 0.15) is 40.8 Å². The van der Waals surface area contributed by atoms with E-state index in [1.165, 1.54) is 60.0 Å². The van der Waals surface area contributed by atoms with E-state index in [0.717, 1.165) is 16.8 Å². The maximum absolute atomic E-state index is 14.4. The minimum atomic E-state index is -1.45. The Bertz CT molecular complexity index is 1810. The van der Waals surface area contributed by atoms with Gasteiger partial charge in [0.05, 0.1) is 5.56 Å². The molecule has 1 fully saturated rings. The molecule has 1 aromatic heterocycles. The van der Waals surface area contributed by atoms with E-state index >= 15 is 0 Å². The zero-order valence-electron chi connectivity index (χ0n) is 25.2. The van der Waals surface area contributed by atoms with Crippen LogP contribution in [-0.4, -0.2) is 83.6 Å². The third-order valence-corrected chi connectivity index (χ3v) is 10.4. The number of carbonyl (C=O) groups excluding carboxylic acids is 5. The topological polar surface area (TPSA) is 202 Å². The quantitative estimate of drug-likeness (QED) is 0.121. The maximum atomic E-state index is 14.4. The van der Waals surface area contributed by atoms with Gasteiger partial charge in [-0.25, -0.2) is 4.79 Å². The minimum Gasteiger partial charge on any atom is -0.477 e. The van der Waals surface area contributed by atoms with Crippen molar-refractivity contribution < 1.29 is 38.6 Å². The number of anilines is 1. The number of aliphatic carboxylic acids is 1. The summed E-state index contributed by atoms with van der Waals surface area (Å²) in [6.45, 7) is 4.18. The van der Waals surface area contributed by atoms with Crippen LogP contribution in [0.2, 0.25) is 0 Å². The number of carbonyl (C=O) groups is 6. The number of nitrogens with two attached hydrogens (primary N) is 1. The number of fused-ring (bicyclic) bond motifs is 1. The molecule has 0 bridgehead atoms. The number of esters is 1. The fraction of sp³-hybridized carbons (Fsp3) is 0.267. The van der Waals surface area contributed by atoms with Gasteiger partial charge < -0.3 is 20.9 Å². The van der Waals surface area contributed by atoms with Gasteiger partial charge in [0.1, 0.15) is 33.9 Å².